The molecule has 0 spiro atoms. The lowest BCUT2D eigenvalue weighted by Crippen LogP contribution is -2.12. The molecule has 1 rings (SSSR count). The maximum absolute atomic E-state index is 13.2. The second-order valence-corrected chi connectivity index (χ2v) is 4.14. The van der Waals surface area contributed by atoms with E-state index in [9.17, 15) is 9.18 Å². The van der Waals surface area contributed by atoms with Gasteiger partial charge in [0.25, 0.3) is 0 Å². The van der Waals surface area contributed by atoms with Gasteiger partial charge in [0.2, 0.25) is 0 Å². The Labute approximate surface area is 105 Å². The predicted molar refractivity (Wildman–Crippen MR) is 63.3 cm³/mol. The summed E-state index contributed by atoms with van der Waals surface area (Å²) in [4.78, 5) is 11.0. The van der Waals surface area contributed by atoms with Crippen LogP contribution < -0.4 is 5.73 Å². The van der Waals surface area contributed by atoms with Crippen LogP contribution in [0.25, 0.3) is 6.08 Å². The van der Waals surface area contributed by atoms with Gasteiger partial charge in [0, 0.05) is 4.47 Å². The number of carbonyl (C=O) groups is 1. The predicted octanol–water partition coefficient (Wildman–Crippen LogP) is 2.71. The van der Waals surface area contributed by atoms with Gasteiger partial charge in [-0.2, -0.15) is 0 Å². The lowest BCUT2D eigenvalue weighted by molar-refractivity contribution is -0.136. The molecule has 86 valence electrons. The lowest BCUT2D eigenvalue weighted by atomic mass is 10.2. The molecule has 0 unspecified atom stereocenters. The van der Waals surface area contributed by atoms with Gasteiger partial charge < -0.3 is 10.5 Å². The molecule has 1 aromatic carbocycles. The van der Waals surface area contributed by atoms with Crippen LogP contribution >= 0.6 is 27.5 Å². The van der Waals surface area contributed by atoms with Crippen LogP contribution in [0.2, 0.25) is 5.02 Å². The van der Waals surface area contributed by atoms with Crippen molar-refractivity contribution in [2.75, 3.05) is 7.11 Å². The third-order valence-corrected chi connectivity index (χ3v) is 2.75. The highest BCUT2D eigenvalue weighted by Gasteiger charge is 2.08. The number of halogens is 3. The molecule has 0 aromatic heterocycles. The summed E-state index contributed by atoms with van der Waals surface area (Å²) < 4.78 is 18.1. The Balaban J connectivity index is 3.15. The number of carbonyl (C=O) groups excluding carboxylic acids is 1. The van der Waals surface area contributed by atoms with Crippen molar-refractivity contribution in [2.24, 2.45) is 5.73 Å². The Kier molecular flexibility index (Phi) is 4.32. The molecule has 0 saturated carbocycles. The van der Waals surface area contributed by atoms with Crippen molar-refractivity contribution in [3.8, 4) is 0 Å². The van der Waals surface area contributed by atoms with E-state index in [1.807, 2.05) is 0 Å². The van der Waals surface area contributed by atoms with Crippen LogP contribution in [0.3, 0.4) is 0 Å². The molecule has 1 aromatic rings. The zero-order chi connectivity index (χ0) is 12.3. The fourth-order valence-corrected chi connectivity index (χ4v) is 1.75. The van der Waals surface area contributed by atoms with Crippen LogP contribution in [0.15, 0.2) is 22.3 Å². The maximum Gasteiger partial charge on any atom is 0.353 e. The number of esters is 1. The van der Waals surface area contributed by atoms with Crippen LogP contribution in [-0.2, 0) is 9.53 Å². The summed E-state index contributed by atoms with van der Waals surface area (Å²) in [5.41, 5.74) is 5.71. The highest BCUT2D eigenvalue weighted by molar-refractivity contribution is 9.10. The monoisotopic (exact) mass is 307 g/mol. The molecule has 0 radical (unpaired) electrons. The Morgan fingerprint density at radius 1 is 1.62 bits per heavy atom. The minimum Gasteiger partial charge on any atom is -0.464 e. The Morgan fingerprint density at radius 2 is 2.25 bits per heavy atom. The number of methoxy groups -OCH3 is 1. The van der Waals surface area contributed by atoms with Gasteiger partial charge in [-0.1, -0.05) is 27.5 Å². The van der Waals surface area contributed by atoms with Crippen molar-refractivity contribution in [3.63, 3.8) is 0 Å². The largest absolute Gasteiger partial charge is 0.464 e. The summed E-state index contributed by atoms with van der Waals surface area (Å²) >= 11 is 8.74. The standard InChI is InChI=1S/C10H8BrClFNO2/c1-16-10(15)9(14)3-5-2-8(13)7(12)4-6(5)11/h2-4H,14H2,1H3/b9-3-. The molecule has 6 heteroatoms. The number of benzene rings is 1. The first kappa shape index (κ1) is 13.0. The van der Waals surface area contributed by atoms with Crippen molar-refractivity contribution in [3.05, 3.63) is 38.7 Å². The zero-order valence-electron chi connectivity index (χ0n) is 8.26. The van der Waals surface area contributed by atoms with E-state index in [1.165, 1.54) is 25.3 Å². The minimum atomic E-state index is -0.678. The molecule has 0 bridgehead atoms. The van der Waals surface area contributed by atoms with Crippen LogP contribution in [0.5, 0.6) is 0 Å². The highest BCUT2D eigenvalue weighted by Crippen LogP contribution is 2.26. The summed E-state index contributed by atoms with van der Waals surface area (Å²) in [6, 6.07) is 2.55. The minimum absolute atomic E-state index is 0.0133. The van der Waals surface area contributed by atoms with Gasteiger partial charge in [-0.15, -0.1) is 0 Å². The quantitative estimate of drug-likeness (QED) is 0.519. The molecule has 0 aliphatic carbocycles. The molecular formula is C10H8BrClFNO2. The molecular weight excluding hydrogens is 300 g/mol. The van der Waals surface area contributed by atoms with Crippen molar-refractivity contribution in [2.45, 2.75) is 0 Å². The summed E-state index contributed by atoms with van der Waals surface area (Å²) in [5, 5.41) is -0.0133. The molecule has 0 amide bonds. The first-order valence-corrected chi connectivity index (χ1v) is 5.33. The average Bonchev–Trinajstić information content (AvgIpc) is 2.24. The summed E-state index contributed by atoms with van der Waals surface area (Å²) in [6.07, 6.45) is 1.30. The first-order chi connectivity index (χ1) is 7.45. The van der Waals surface area contributed by atoms with Crippen LogP contribution in [0.1, 0.15) is 5.56 Å². The van der Waals surface area contributed by atoms with E-state index in [0.29, 0.717) is 10.0 Å². The topological polar surface area (TPSA) is 52.3 Å². The van der Waals surface area contributed by atoms with Crippen molar-refractivity contribution in [1.82, 2.24) is 0 Å². The number of ether oxygens (including phenoxy) is 1. The van der Waals surface area contributed by atoms with Gasteiger partial charge in [0.05, 0.1) is 12.1 Å². The molecule has 0 saturated heterocycles. The fourth-order valence-electron chi connectivity index (χ4n) is 0.993. The third kappa shape index (κ3) is 2.96. The van der Waals surface area contributed by atoms with Crippen LogP contribution in [0, 0.1) is 5.82 Å². The number of nitrogens with two attached hydrogens (primary N) is 1. The highest BCUT2D eigenvalue weighted by atomic mass is 79.9. The molecule has 2 N–H and O–H groups in total. The zero-order valence-corrected chi connectivity index (χ0v) is 10.6. The number of hydrogen-bond acceptors (Lipinski definition) is 3. The fraction of sp³-hybridized carbons (Fsp3) is 0.100. The molecule has 3 nitrogen and oxygen atoms in total. The summed E-state index contributed by atoms with van der Waals surface area (Å²) in [6.45, 7) is 0. The Bertz CT molecular complexity index is 462. The third-order valence-electron chi connectivity index (χ3n) is 1.77. The van der Waals surface area contributed by atoms with Gasteiger partial charge in [-0.3, -0.25) is 0 Å². The van der Waals surface area contributed by atoms with Crippen LogP contribution in [0.4, 0.5) is 4.39 Å². The normalized spacial score (nSPS) is 11.4. The molecule has 0 heterocycles. The van der Waals surface area contributed by atoms with Gasteiger partial charge in [-0.25, -0.2) is 9.18 Å². The van der Waals surface area contributed by atoms with Gasteiger partial charge in [-0.05, 0) is 23.8 Å². The van der Waals surface area contributed by atoms with E-state index in [1.54, 1.807) is 0 Å². The average molecular weight is 309 g/mol. The van der Waals surface area contributed by atoms with Crippen LogP contribution in [-0.4, -0.2) is 13.1 Å². The Hall–Kier alpha value is -1.07. The van der Waals surface area contributed by atoms with E-state index in [0.717, 1.165) is 0 Å². The molecule has 16 heavy (non-hydrogen) atoms. The van der Waals surface area contributed by atoms with Gasteiger partial charge >= 0.3 is 5.97 Å². The van der Waals surface area contributed by atoms with Crippen molar-refractivity contribution >= 4 is 39.6 Å². The van der Waals surface area contributed by atoms with E-state index in [4.69, 9.17) is 17.3 Å². The molecule has 0 aliphatic rings. The number of hydrogen-bond donors (Lipinski definition) is 1. The molecule has 0 aliphatic heterocycles. The second-order valence-electron chi connectivity index (χ2n) is 2.88. The number of rotatable bonds is 2. The summed E-state index contributed by atoms with van der Waals surface area (Å²) in [5.74, 6) is -1.27. The molecule has 0 fully saturated rings. The summed E-state index contributed by atoms with van der Waals surface area (Å²) in [7, 11) is 1.21. The van der Waals surface area contributed by atoms with E-state index >= 15 is 0 Å². The maximum atomic E-state index is 13.2. The SMILES string of the molecule is COC(=O)/C(N)=C/c1cc(F)c(Cl)cc1Br. The van der Waals surface area contributed by atoms with Crippen molar-refractivity contribution < 1.29 is 13.9 Å². The van der Waals surface area contributed by atoms with Gasteiger partial charge in [0.1, 0.15) is 11.5 Å². The van der Waals surface area contributed by atoms with E-state index in [2.05, 4.69) is 20.7 Å². The first-order valence-electron chi connectivity index (χ1n) is 4.15. The van der Waals surface area contributed by atoms with E-state index in [-0.39, 0.29) is 10.7 Å². The van der Waals surface area contributed by atoms with E-state index < -0.39 is 11.8 Å². The van der Waals surface area contributed by atoms with Gasteiger partial charge in [0.15, 0.2) is 0 Å². The molecule has 0 atom stereocenters. The lowest BCUT2D eigenvalue weighted by Gasteiger charge is -2.03. The van der Waals surface area contributed by atoms with Crippen molar-refractivity contribution in [1.29, 1.82) is 0 Å². The smallest absolute Gasteiger partial charge is 0.353 e. The second kappa shape index (κ2) is 5.32. The Morgan fingerprint density at radius 3 is 2.81 bits per heavy atom.